The van der Waals surface area contributed by atoms with E-state index >= 15 is 0 Å². The summed E-state index contributed by atoms with van der Waals surface area (Å²) < 4.78 is 17.9. The van der Waals surface area contributed by atoms with Crippen molar-refractivity contribution < 1.29 is 24.0 Å². The highest BCUT2D eigenvalue weighted by molar-refractivity contribution is 5.94. The third-order valence-electron chi connectivity index (χ3n) is 2.58. The number of aliphatic hydroxyl groups excluding tert-OH is 1. The van der Waals surface area contributed by atoms with E-state index in [1.54, 1.807) is 0 Å². The van der Waals surface area contributed by atoms with Crippen LogP contribution in [0.25, 0.3) is 0 Å². The molecule has 8 heteroatoms. The Kier molecular flexibility index (Phi) is 5.53. The fourth-order valence-electron chi connectivity index (χ4n) is 1.65. The average Bonchev–Trinajstić information content (AvgIpc) is 2.38. The van der Waals surface area contributed by atoms with Gasteiger partial charge in [-0.3, -0.25) is 14.9 Å². The quantitative estimate of drug-likeness (QED) is 0.617. The molecule has 1 amide bonds. The lowest BCUT2D eigenvalue weighted by Gasteiger charge is -2.20. The first-order valence-corrected chi connectivity index (χ1v) is 5.73. The molecular formula is C12H15FN2O5. The van der Waals surface area contributed by atoms with E-state index in [1.807, 2.05) is 0 Å². The molecule has 20 heavy (non-hydrogen) atoms. The third kappa shape index (κ3) is 3.97. The van der Waals surface area contributed by atoms with Gasteiger partial charge in [-0.05, 0) is 12.1 Å². The summed E-state index contributed by atoms with van der Waals surface area (Å²) in [7, 11) is 2.84. The van der Waals surface area contributed by atoms with Crippen LogP contribution >= 0.6 is 0 Å². The Labute approximate surface area is 114 Å². The van der Waals surface area contributed by atoms with Crippen molar-refractivity contribution >= 4 is 11.6 Å². The molecule has 0 radical (unpaired) electrons. The summed E-state index contributed by atoms with van der Waals surface area (Å²) >= 11 is 0. The van der Waals surface area contributed by atoms with Gasteiger partial charge in [-0.25, -0.2) is 0 Å². The van der Waals surface area contributed by atoms with Crippen LogP contribution in [0.5, 0.6) is 0 Å². The van der Waals surface area contributed by atoms with Crippen LogP contribution < -0.4 is 0 Å². The van der Waals surface area contributed by atoms with Crippen molar-refractivity contribution in [1.82, 2.24) is 4.90 Å². The lowest BCUT2D eigenvalue weighted by Crippen LogP contribution is -2.36. The van der Waals surface area contributed by atoms with Crippen LogP contribution in [-0.2, 0) is 4.74 Å². The molecule has 1 unspecified atom stereocenters. The second-order valence-electron chi connectivity index (χ2n) is 4.22. The van der Waals surface area contributed by atoms with Gasteiger partial charge in [0.25, 0.3) is 5.91 Å². The molecule has 1 aromatic carbocycles. The van der Waals surface area contributed by atoms with Crippen LogP contribution in [0, 0.1) is 15.9 Å². The first-order chi connectivity index (χ1) is 9.36. The average molecular weight is 286 g/mol. The van der Waals surface area contributed by atoms with Crippen LogP contribution in [-0.4, -0.2) is 54.3 Å². The molecule has 0 aliphatic heterocycles. The molecule has 1 N–H and O–H groups in total. The normalized spacial score (nSPS) is 12.0. The number of aliphatic hydroxyl groups is 1. The zero-order valence-corrected chi connectivity index (χ0v) is 11.1. The van der Waals surface area contributed by atoms with Crippen LogP contribution in [0.15, 0.2) is 18.2 Å². The summed E-state index contributed by atoms with van der Waals surface area (Å²) in [5, 5.41) is 20.1. The van der Waals surface area contributed by atoms with Gasteiger partial charge in [0.2, 0.25) is 5.82 Å². The highest BCUT2D eigenvalue weighted by Crippen LogP contribution is 2.19. The number of rotatable bonds is 6. The first-order valence-electron chi connectivity index (χ1n) is 5.73. The summed E-state index contributed by atoms with van der Waals surface area (Å²) in [5.41, 5.74) is -0.785. The van der Waals surface area contributed by atoms with E-state index in [2.05, 4.69) is 0 Å². The fourth-order valence-corrected chi connectivity index (χ4v) is 1.65. The van der Waals surface area contributed by atoms with Crippen LogP contribution in [0.4, 0.5) is 10.1 Å². The minimum absolute atomic E-state index is 0.00214. The molecular weight excluding hydrogens is 271 g/mol. The molecule has 0 saturated carbocycles. The topological polar surface area (TPSA) is 92.9 Å². The predicted molar refractivity (Wildman–Crippen MR) is 67.9 cm³/mol. The van der Waals surface area contributed by atoms with Gasteiger partial charge in [0, 0.05) is 32.3 Å². The molecule has 0 aliphatic rings. The maximum Gasteiger partial charge on any atom is 0.305 e. The van der Waals surface area contributed by atoms with E-state index in [4.69, 9.17) is 4.74 Å². The maximum atomic E-state index is 13.2. The zero-order valence-electron chi connectivity index (χ0n) is 11.1. The number of carbonyl (C=O) groups is 1. The number of hydrogen-bond donors (Lipinski definition) is 1. The van der Waals surface area contributed by atoms with Crippen molar-refractivity contribution in [3.63, 3.8) is 0 Å². The van der Waals surface area contributed by atoms with Gasteiger partial charge in [0.15, 0.2) is 0 Å². The van der Waals surface area contributed by atoms with Crippen molar-refractivity contribution in [2.24, 2.45) is 0 Å². The number of nitro groups is 1. The van der Waals surface area contributed by atoms with E-state index in [-0.39, 0.29) is 18.7 Å². The summed E-state index contributed by atoms with van der Waals surface area (Å²) in [4.78, 5) is 22.9. The van der Waals surface area contributed by atoms with E-state index in [1.165, 1.54) is 19.1 Å². The highest BCUT2D eigenvalue weighted by Gasteiger charge is 2.20. The van der Waals surface area contributed by atoms with Crippen molar-refractivity contribution in [2.75, 3.05) is 27.3 Å². The number of nitro benzene ring substituents is 1. The number of halogens is 1. The lowest BCUT2D eigenvalue weighted by atomic mass is 10.1. The summed E-state index contributed by atoms with van der Waals surface area (Å²) in [6.45, 7) is 0.0546. The van der Waals surface area contributed by atoms with E-state index in [0.29, 0.717) is 0 Å². The van der Waals surface area contributed by atoms with Gasteiger partial charge in [0.1, 0.15) is 0 Å². The minimum atomic E-state index is -1.01. The van der Waals surface area contributed by atoms with Crippen LogP contribution in [0.2, 0.25) is 0 Å². The van der Waals surface area contributed by atoms with Crippen LogP contribution in [0.1, 0.15) is 10.4 Å². The van der Waals surface area contributed by atoms with Crippen LogP contribution in [0.3, 0.4) is 0 Å². The molecule has 1 aromatic rings. The largest absolute Gasteiger partial charge is 0.389 e. The van der Waals surface area contributed by atoms with Crippen molar-refractivity contribution in [2.45, 2.75) is 6.10 Å². The maximum absolute atomic E-state index is 13.2. The van der Waals surface area contributed by atoms with Gasteiger partial charge in [-0.2, -0.15) is 4.39 Å². The molecule has 0 fully saturated rings. The third-order valence-corrected chi connectivity index (χ3v) is 2.58. The Bertz CT molecular complexity index is 509. The molecule has 0 bridgehead atoms. The SMILES string of the molecule is COCC(O)CN(C)C(=O)c1ccc(F)c([N+](=O)[O-])c1. The number of likely N-dealkylation sites (N-methyl/N-ethyl adjacent to an activating group) is 1. The smallest absolute Gasteiger partial charge is 0.305 e. The van der Waals surface area contributed by atoms with Gasteiger partial charge >= 0.3 is 5.69 Å². The number of methoxy groups -OCH3 is 1. The molecule has 110 valence electrons. The van der Waals surface area contributed by atoms with Gasteiger partial charge in [0.05, 0.1) is 17.6 Å². The van der Waals surface area contributed by atoms with E-state index in [9.17, 15) is 24.4 Å². The number of ether oxygens (including phenoxy) is 1. The summed E-state index contributed by atoms with van der Waals surface area (Å²) in [5.74, 6) is -1.56. The Hall–Kier alpha value is -2.06. The molecule has 0 aromatic heterocycles. The molecule has 0 saturated heterocycles. The number of carbonyl (C=O) groups excluding carboxylic acids is 1. The van der Waals surface area contributed by atoms with Gasteiger partial charge < -0.3 is 14.7 Å². The minimum Gasteiger partial charge on any atom is -0.389 e. The number of amides is 1. The molecule has 1 rings (SSSR count). The zero-order chi connectivity index (χ0) is 15.3. The number of benzene rings is 1. The Morgan fingerprint density at radius 3 is 2.80 bits per heavy atom. The van der Waals surface area contributed by atoms with E-state index < -0.39 is 28.4 Å². The fraction of sp³-hybridized carbons (Fsp3) is 0.417. The molecule has 0 aliphatic carbocycles. The summed E-state index contributed by atoms with van der Waals surface area (Å²) in [6.07, 6.45) is -0.871. The predicted octanol–water partition coefficient (Wildman–Crippen LogP) is 0.813. The lowest BCUT2D eigenvalue weighted by molar-refractivity contribution is -0.387. The number of nitrogens with zero attached hydrogens (tertiary/aromatic N) is 2. The van der Waals surface area contributed by atoms with Gasteiger partial charge in [-0.1, -0.05) is 0 Å². The molecule has 0 spiro atoms. The Morgan fingerprint density at radius 1 is 1.60 bits per heavy atom. The first kappa shape index (κ1) is 16.0. The standard InChI is InChI=1S/C12H15FN2O5/c1-14(6-9(16)7-20-2)12(17)8-3-4-10(13)11(5-8)15(18)19/h3-5,9,16H,6-7H2,1-2H3. The Morgan fingerprint density at radius 2 is 2.25 bits per heavy atom. The second kappa shape index (κ2) is 6.92. The number of hydrogen-bond acceptors (Lipinski definition) is 5. The molecule has 0 heterocycles. The molecule has 1 atom stereocenters. The van der Waals surface area contributed by atoms with Crippen molar-refractivity contribution in [3.05, 3.63) is 39.7 Å². The summed E-state index contributed by atoms with van der Waals surface area (Å²) in [6, 6.07) is 2.89. The Balaban J connectivity index is 2.86. The molecule has 7 nitrogen and oxygen atoms in total. The monoisotopic (exact) mass is 286 g/mol. The van der Waals surface area contributed by atoms with E-state index in [0.717, 1.165) is 18.2 Å². The van der Waals surface area contributed by atoms with Gasteiger partial charge in [-0.15, -0.1) is 0 Å². The highest BCUT2D eigenvalue weighted by atomic mass is 19.1. The second-order valence-corrected chi connectivity index (χ2v) is 4.22. The van der Waals surface area contributed by atoms with Crippen molar-refractivity contribution in [1.29, 1.82) is 0 Å². The van der Waals surface area contributed by atoms with Crippen molar-refractivity contribution in [3.8, 4) is 0 Å².